The molecule has 41 heavy (non-hydrogen) atoms. The van der Waals surface area contributed by atoms with Crippen molar-refractivity contribution >= 4 is 17.7 Å². The van der Waals surface area contributed by atoms with E-state index in [2.05, 4.69) is 13.8 Å². The van der Waals surface area contributed by atoms with Crippen LogP contribution in [0.2, 0.25) is 0 Å². The molecule has 1 aliphatic carbocycles. The van der Waals surface area contributed by atoms with Crippen molar-refractivity contribution in [3.05, 3.63) is 24.3 Å². The zero-order valence-corrected chi connectivity index (χ0v) is 25.5. The average molecular weight is 581 g/mol. The summed E-state index contributed by atoms with van der Waals surface area (Å²) in [6, 6.07) is 0. The molecule has 0 saturated heterocycles. The summed E-state index contributed by atoms with van der Waals surface area (Å²) in [7, 11) is 0. The monoisotopic (exact) mass is 580 g/mol. The maximum atomic E-state index is 12.4. The minimum absolute atomic E-state index is 0.000298. The quantitative estimate of drug-likeness (QED) is 0.0747. The molecule has 0 unspecified atom stereocenters. The van der Waals surface area contributed by atoms with Crippen LogP contribution in [0.15, 0.2) is 24.3 Å². The largest absolute Gasteiger partial charge is 0.462 e. The van der Waals surface area contributed by atoms with Crippen LogP contribution in [-0.2, 0) is 23.9 Å². The third kappa shape index (κ3) is 17.5. The van der Waals surface area contributed by atoms with Gasteiger partial charge in [-0.3, -0.25) is 14.4 Å². The average Bonchev–Trinajstić information content (AvgIpc) is 3.22. The van der Waals surface area contributed by atoms with Gasteiger partial charge in [-0.25, -0.2) is 0 Å². The van der Waals surface area contributed by atoms with E-state index in [1.54, 1.807) is 12.2 Å². The molecule has 8 nitrogen and oxygen atoms in total. The van der Waals surface area contributed by atoms with Crippen LogP contribution in [0.3, 0.4) is 0 Å². The van der Waals surface area contributed by atoms with E-state index in [-0.39, 0.29) is 37.1 Å². The number of carbonyl (C=O) groups is 3. The number of hydrogen-bond donors (Lipinski definition) is 3. The van der Waals surface area contributed by atoms with Crippen LogP contribution in [0, 0.1) is 11.8 Å². The molecule has 8 heteroatoms. The third-order valence-corrected chi connectivity index (χ3v) is 7.62. The molecule has 0 aromatic carbocycles. The SMILES string of the molecule is CCCCCCCCCC(=O)O[C@@H](CO)COC(=O)CCC/C=C\C[C@H]1[C@@H](O)CC(=O)[C@@H]1/C=C/[C@@H](O)CCCCC. The topological polar surface area (TPSA) is 130 Å². The molecule has 1 fully saturated rings. The normalized spacial score (nSPS) is 20.6. The minimum atomic E-state index is -0.851. The Morgan fingerprint density at radius 3 is 2.29 bits per heavy atom. The van der Waals surface area contributed by atoms with Crippen LogP contribution in [0.4, 0.5) is 0 Å². The maximum Gasteiger partial charge on any atom is 0.306 e. The number of hydrogen-bond acceptors (Lipinski definition) is 8. The smallest absolute Gasteiger partial charge is 0.306 e. The zero-order chi connectivity index (χ0) is 30.3. The molecule has 1 rings (SSSR count). The Kier molecular flexibility index (Phi) is 21.2. The Morgan fingerprint density at radius 1 is 0.927 bits per heavy atom. The third-order valence-electron chi connectivity index (χ3n) is 7.62. The number of allylic oxidation sites excluding steroid dienone is 3. The van der Waals surface area contributed by atoms with Gasteiger partial charge in [0.05, 0.1) is 18.8 Å². The first-order chi connectivity index (χ1) is 19.8. The first-order valence-corrected chi connectivity index (χ1v) is 16.0. The van der Waals surface area contributed by atoms with Crippen molar-refractivity contribution in [3.63, 3.8) is 0 Å². The van der Waals surface area contributed by atoms with Gasteiger partial charge in [-0.1, -0.05) is 95.9 Å². The fourth-order valence-electron chi connectivity index (χ4n) is 5.06. The molecular formula is C33H56O8. The molecule has 0 aliphatic heterocycles. The summed E-state index contributed by atoms with van der Waals surface area (Å²) >= 11 is 0. The lowest BCUT2D eigenvalue weighted by molar-refractivity contribution is -0.161. The maximum absolute atomic E-state index is 12.4. The standard InChI is InChI=1S/C33H56O8/c1-3-5-7-8-9-10-16-20-33(39)41-27(24-34)25-40-32(38)19-15-12-11-14-18-28-29(31(37)23-30(28)36)22-21-26(35)17-13-6-4-2/h11,14,21-22,26-30,34-36H,3-10,12-13,15-20,23-25H2,1-2H3/b14-11-,22-21+/t26-,27-,28+,29+,30-/m0/s1. The molecule has 0 radical (unpaired) electrons. The predicted molar refractivity (Wildman–Crippen MR) is 160 cm³/mol. The van der Waals surface area contributed by atoms with Gasteiger partial charge < -0.3 is 24.8 Å². The second-order valence-electron chi connectivity index (χ2n) is 11.3. The van der Waals surface area contributed by atoms with Crippen LogP contribution in [0.25, 0.3) is 0 Å². The number of Topliss-reactive ketones (excluding diaryl/α,β-unsaturated/α-hetero) is 1. The highest BCUT2D eigenvalue weighted by Gasteiger charge is 2.39. The van der Waals surface area contributed by atoms with Gasteiger partial charge in [0.1, 0.15) is 12.4 Å². The zero-order valence-electron chi connectivity index (χ0n) is 25.5. The van der Waals surface area contributed by atoms with Gasteiger partial charge in [0.25, 0.3) is 0 Å². The lowest BCUT2D eigenvalue weighted by atomic mass is 9.90. The molecule has 5 atom stereocenters. The molecule has 0 aromatic rings. The van der Waals surface area contributed by atoms with Crippen molar-refractivity contribution in [2.45, 2.75) is 141 Å². The Morgan fingerprint density at radius 2 is 1.59 bits per heavy atom. The number of ether oxygens (including phenoxy) is 2. The Labute approximate surface area is 247 Å². The molecule has 1 aliphatic rings. The van der Waals surface area contributed by atoms with Crippen molar-refractivity contribution in [3.8, 4) is 0 Å². The Balaban J connectivity index is 2.26. The van der Waals surface area contributed by atoms with Gasteiger partial charge >= 0.3 is 11.9 Å². The van der Waals surface area contributed by atoms with Crippen molar-refractivity contribution in [1.82, 2.24) is 0 Å². The van der Waals surface area contributed by atoms with Gasteiger partial charge in [-0.2, -0.15) is 0 Å². The highest BCUT2D eigenvalue weighted by atomic mass is 16.6. The Bertz CT molecular complexity index is 777. The fourth-order valence-corrected chi connectivity index (χ4v) is 5.06. The second kappa shape index (κ2) is 23.5. The van der Waals surface area contributed by atoms with Crippen molar-refractivity contribution in [2.24, 2.45) is 11.8 Å². The second-order valence-corrected chi connectivity index (χ2v) is 11.3. The number of ketones is 1. The number of carbonyl (C=O) groups excluding carboxylic acids is 3. The van der Waals surface area contributed by atoms with Gasteiger partial charge in [0.15, 0.2) is 6.10 Å². The van der Waals surface area contributed by atoms with E-state index in [4.69, 9.17) is 9.47 Å². The molecular weight excluding hydrogens is 524 g/mol. The molecule has 1 saturated carbocycles. The summed E-state index contributed by atoms with van der Waals surface area (Å²) in [4.78, 5) is 36.4. The van der Waals surface area contributed by atoms with Gasteiger partial charge in [0, 0.05) is 31.1 Å². The summed E-state index contributed by atoms with van der Waals surface area (Å²) in [5.41, 5.74) is 0. The van der Waals surface area contributed by atoms with Crippen LogP contribution in [0.1, 0.15) is 123 Å². The van der Waals surface area contributed by atoms with E-state index in [0.29, 0.717) is 32.1 Å². The van der Waals surface area contributed by atoms with Crippen molar-refractivity contribution < 1.29 is 39.2 Å². The molecule has 3 N–H and O–H groups in total. The van der Waals surface area contributed by atoms with Crippen LogP contribution >= 0.6 is 0 Å². The van der Waals surface area contributed by atoms with Crippen molar-refractivity contribution in [1.29, 1.82) is 0 Å². The molecule has 0 bridgehead atoms. The predicted octanol–water partition coefficient (Wildman–Crippen LogP) is 5.75. The highest BCUT2D eigenvalue weighted by Crippen LogP contribution is 2.33. The highest BCUT2D eigenvalue weighted by molar-refractivity contribution is 5.86. The molecule has 236 valence electrons. The summed E-state index contributed by atoms with van der Waals surface area (Å²) in [6.45, 7) is 3.72. The number of rotatable bonds is 24. The lowest BCUT2D eigenvalue weighted by Gasteiger charge is -2.17. The molecule has 0 spiro atoms. The lowest BCUT2D eigenvalue weighted by Crippen LogP contribution is -2.28. The van der Waals surface area contributed by atoms with E-state index in [1.807, 2.05) is 12.2 Å². The number of unbranched alkanes of at least 4 members (excludes halogenated alkanes) is 9. The summed E-state index contributed by atoms with van der Waals surface area (Å²) < 4.78 is 10.4. The van der Waals surface area contributed by atoms with E-state index in [9.17, 15) is 29.7 Å². The number of aliphatic hydroxyl groups excluding tert-OH is 3. The molecule has 0 heterocycles. The van der Waals surface area contributed by atoms with Crippen LogP contribution in [-0.4, -0.2) is 64.6 Å². The van der Waals surface area contributed by atoms with Gasteiger partial charge in [-0.05, 0) is 32.1 Å². The Hall–Kier alpha value is -2.03. The minimum Gasteiger partial charge on any atom is -0.462 e. The number of aliphatic hydroxyl groups is 3. The van der Waals surface area contributed by atoms with Crippen molar-refractivity contribution in [2.75, 3.05) is 13.2 Å². The van der Waals surface area contributed by atoms with E-state index >= 15 is 0 Å². The fraction of sp³-hybridized carbons (Fsp3) is 0.788. The summed E-state index contributed by atoms with van der Waals surface area (Å²) in [5.74, 6) is -1.41. The first kappa shape index (κ1) is 37.0. The number of esters is 2. The van der Waals surface area contributed by atoms with Crippen LogP contribution < -0.4 is 0 Å². The van der Waals surface area contributed by atoms with E-state index in [1.165, 1.54) is 25.7 Å². The van der Waals surface area contributed by atoms with E-state index < -0.39 is 36.8 Å². The van der Waals surface area contributed by atoms with E-state index in [0.717, 1.165) is 38.5 Å². The van der Waals surface area contributed by atoms with Gasteiger partial charge in [0.2, 0.25) is 0 Å². The molecule has 0 amide bonds. The molecule has 0 aromatic heterocycles. The summed E-state index contributed by atoms with van der Waals surface area (Å²) in [5, 5.41) is 30.0. The van der Waals surface area contributed by atoms with Gasteiger partial charge in [-0.15, -0.1) is 0 Å². The van der Waals surface area contributed by atoms with Crippen LogP contribution in [0.5, 0.6) is 0 Å². The first-order valence-electron chi connectivity index (χ1n) is 16.0. The summed E-state index contributed by atoms with van der Waals surface area (Å²) in [6.07, 6.45) is 19.0.